The number of pyridine rings is 1. The molecule has 0 aliphatic carbocycles. The van der Waals surface area contributed by atoms with Gasteiger partial charge in [-0.25, -0.2) is 0 Å². The number of rotatable bonds is 5. The van der Waals surface area contributed by atoms with Crippen molar-refractivity contribution in [2.75, 3.05) is 6.54 Å². The zero-order valence-corrected chi connectivity index (χ0v) is 18.5. The lowest BCUT2D eigenvalue weighted by Gasteiger charge is -2.30. The van der Waals surface area contributed by atoms with Crippen molar-refractivity contribution in [3.05, 3.63) is 82.4 Å². The van der Waals surface area contributed by atoms with E-state index in [2.05, 4.69) is 39.7 Å². The third-order valence-corrected chi connectivity index (χ3v) is 5.90. The molecule has 1 aliphatic rings. The van der Waals surface area contributed by atoms with Crippen molar-refractivity contribution >= 4 is 40.5 Å². The molecule has 7 heteroatoms. The van der Waals surface area contributed by atoms with Crippen LogP contribution in [0, 0.1) is 5.92 Å². The van der Waals surface area contributed by atoms with Gasteiger partial charge in [0.05, 0.1) is 28.5 Å². The lowest BCUT2D eigenvalue weighted by Crippen LogP contribution is -2.33. The zero-order valence-electron chi connectivity index (χ0n) is 16.2. The van der Waals surface area contributed by atoms with E-state index in [9.17, 15) is 0 Å². The summed E-state index contributed by atoms with van der Waals surface area (Å²) in [5.41, 5.74) is 2.94. The van der Waals surface area contributed by atoms with Gasteiger partial charge in [0.2, 0.25) is 0 Å². The normalized spacial score (nSPS) is 19.1. The Labute approximate surface area is 186 Å². The molecule has 1 saturated heterocycles. The Morgan fingerprint density at radius 1 is 1.14 bits per heavy atom. The summed E-state index contributed by atoms with van der Waals surface area (Å²) in [4.78, 5) is 6.86. The fraction of sp³-hybridized carbons (Fsp3) is 0.273. The summed E-state index contributed by atoms with van der Waals surface area (Å²) in [5.74, 6) is 0.460. The van der Waals surface area contributed by atoms with Crippen LogP contribution in [0.1, 0.15) is 37.3 Å². The molecule has 29 heavy (non-hydrogen) atoms. The predicted octanol–water partition coefficient (Wildman–Crippen LogP) is 5.81. The predicted molar refractivity (Wildman–Crippen MR) is 123 cm³/mol. The molecule has 3 heterocycles. The second-order valence-electron chi connectivity index (χ2n) is 7.57. The van der Waals surface area contributed by atoms with E-state index in [0.717, 1.165) is 28.7 Å². The standard InChI is InChI=1S/C22H22Cl2N4S/c1-14(2)13-28-21(20(26-22(28)29)17-6-3-4-10-25-17)19-7-5-11-27(19)18-9-8-15(23)12-16(18)24/h3-12,14,20-21H,13H2,1-2H3,(H,26,29). The van der Waals surface area contributed by atoms with Crippen LogP contribution in [0.5, 0.6) is 0 Å². The van der Waals surface area contributed by atoms with Crippen molar-refractivity contribution in [2.24, 2.45) is 5.92 Å². The van der Waals surface area contributed by atoms with Gasteiger partial charge in [0, 0.05) is 29.7 Å². The van der Waals surface area contributed by atoms with Gasteiger partial charge in [-0.2, -0.15) is 0 Å². The Morgan fingerprint density at radius 2 is 1.97 bits per heavy atom. The lowest BCUT2D eigenvalue weighted by molar-refractivity contribution is 0.280. The molecule has 1 N–H and O–H groups in total. The second-order valence-corrected chi connectivity index (χ2v) is 8.80. The van der Waals surface area contributed by atoms with Crippen molar-refractivity contribution in [3.8, 4) is 5.69 Å². The van der Waals surface area contributed by atoms with Gasteiger partial charge in [-0.1, -0.05) is 43.1 Å². The average molecular weight is 445 g/mol. The molecular formula is C22H22Cl2N4S. The maximum atomic E-state index is 6.53. The van der Waals surface area contributed by atoms with E-state index in [1.165, 1.54) is 0 Å². The summed E-state index contributed by atoms with van der Waals surface area (Å²) in [6.45, 7) is 5.24. The quantitative estimate of drug-likeness (QED) is 0.503. The van der Waals surface area contributed by atoms with Gasteiger partial charge in [0.15, 0.2) is 5.11 Å². The summed E-state index contributed by atoms with van der Waals surface area (Å²) in [6, 6.07) is 15.6. The molecule has 0 amide bonds. The van der Waals surface area contributed by atoms with Gasteiger partial charge in [-0.3, -0.25) is 4.98 Å². The molecule has 0 radical (unpaired) electrons. The summed E-state index contributed by atoms with van der Waals surface area (Å²) in [6.07, 6.45) is 3.84. The Kier molecular flexibility index (Phi) is 5.81. The molecule has 1 aliphatic heterocycles. The minimum atomic E-state index is -0.0535. The highest BCUT2D eigenvalue weighted by Crippen LogP contribution is 2.40. The van der Waals surface area contributed by atoms with E-state index in [4.69, 9.17) is 35.4 Å². The topological polar surface area (TPSA) is 33.1 Å². The third-order valence-electron chi connectivity index (χ3n) is 5.01. The molecule has 0 saturated carbocycles. The van der Waals surface area contributed by atoms with Crippen LogP contribution in [0.25, 0.3) is 5.69 Å². The third kappa shape index (κ3) is 4.00. The monoisotopic (exact) mass is 444 g/mol. The van der Waals surface area contributed by atoms with Crippen LogP contribution in [0.15, 0.2) is 60.9 Å². The number of hydrogen-bond donors (Lipinski definition) is 1. The number of hydrogen-bond acceptors (Lipinski definition) is 2. The van der Waals surface area contributed by atoms with Crippen molar-refractivity contribution < 1.29 is 0 Å². The first kappa shape index (κ1) is 20.2. The second kappa shape index (κ2) is 8.34. The smallest absolute Gasteiger partial charge is 0.170 e. The van der Waals surface area contributed by atoms with Crippen molar-refractivity contribution in [3.63, 3.8) is 0 Å². The Morgan fingerprint density at radius 3 is 2.66 bits per heavy atom. The van der Waals surface area contributed by atoms with Crippen LogP contribution in [0.4, 0.5) is 0 Å². The van der Waals surface area contributed by atoms with Crippen LogP contribution in [0.2, 0.25) is 10.0 Å². The summed E-state index contributed by atoms with van der Waals surface area (Å²) in [7, 11) is 0. The maximum absolute atomic E-state index is 6.53. The number of nitrogens with zero attached hydrogens (tertiary/aromatic N) is 3. The number of thiocarbonyl (C=S) groups is 1. The van der Waals surface area contributed by atoms with Crippen molar-refractivity contribution in [1.82, 2.24) is 19.8 Å². The van der Waals surface area contributed by atoms with Gasteiger partial charge in [0.1, 0.15) is 0 Å². The molecule has 4 nitrogen and oxygen atoms in total. The molecule has 3 aromatic rings. The fourth-order valence-corrected chi connectivity index (χ4v) is 4.66. The number of aromatic nitrogens is 2. The highest BCUT2D eigenvalue weighted by atomic mass is 35.5. The van der Waals surface area contributed by atoms with Crippen LogP contribution in [0.3, 0.4) is 0 Å². The largest absolute Gasteiger partial charge is 0.352 e. The minimum absolute atomic E-state index is 0.0125. The highest BCUT2D eigenvalue weighted by molar-refractivity contribution is 7.80. The van der Waals surface area contributed by atoms with E-state index in [1.807, 2.05) is 48.8 Å². The SMILES string of the molecule is CC(C)CN1C(=S)NC(c2ccccn2)C1c1cccn1-c1ccc(Cl)cc1Cl. The molecule has 0 bridgehead atoms. The highest BCUT2D eigenvalue weighted by Gasteiger charge is 2.41. The Balaban J connectivity index is 1.83. The van der Waals surface area contributed by atoms with Crippen LogP contribution < -0.4 is 5.32 Å². The Bertz CT molecular complexity index is 1020. The number of benzene rings is 1. The van der Waals surface area contributed by atoms with Gasteiger partial charge < -0.3 is 14.8 Å². The van der Waals surface area contributed by atoms with Crippen LogP contribution >= 0.6 is 35.4 Å². The summed E-state index contributed by atoms with van der Waals surface area (Å²) >= 11 is 18.4. The summed E-state index contributed by atoms with van der Waals surface area (Å²) < 4.78 is 2.11. The number of nitrogens with one attached hydrogen (secondary N) is 1. The molecule has 0 spiro atoms. The molecule has 1 fully saturated rings. The van der Waals surface area contributed by atoms with E-state index in [0.29, 0.717) is 16.0 Å². The summed E-state index contributed by atoms with van der Waals surface area (Å²) in [5, 5.41) is 5.46. The first-order valence-electron chi connectivity index (χ1n) is 9.56. The van der Waals surface area contributed by atoms with E-state index in [1.54, 1.807) is 6.07 Å². The molecule has 2 atom stereocenters. The van der Waals surface area contributed by atoms with E-state index < -0.39 is 0 Å². The molecule has 2 unspecified atom stereocenters. The van der Waals surface area contributed by atoms with Gasteiger partial charge in [-0.05, 0) is 60.6 Å². The first-order chi connectivity index (χ1) is 14.0. The maximum Gasteiger partial charge on any atom is 0.170 e. The lowest BCUT2D eigenvalue weighted by atomic mass is 10.0. The zero-order chi connectivity index (χ0) is 20.5. The molecule has 2 aromatic heterocycles. The van der Waals surface area contributed by atoms with E-state index in [-0.39, 0.29) is 12.1 Å². The number of halogens is 2. The van der Waals surface area contributed by atoms with Gasteiger partial charge >= 0.3 is 0 Å². The molecule has 4 rings (SSSR count). The fourth-order valence-electron chi connectivity index (χ4n) is 3.85. The van der Waals surface area contributed by atoms with Crippen LogP contribution in [-0.2, 0) is 0 Å². The van der Waals surface area contributed by atoms with Gasteiger partial charge in [-0.15, -0.1) is 0 Å². The minimum Gasteiger partial charge on any atom is -0.352 e. The van der Waals surface area contributed by atoms with E-state index >= 15 is 0 Å². The van der Waals surface area contributed by atoms with Crippen molar-refractivity contribution in [1.29, 1.82) is 0 Å². The molecule has 150 valence electrons. The molecule has 1 aromatic carbocycles. The van der Waals surface area contributed by atoms with Crippen LogP contribution in [-0.4, -0.2) is 26.1 Å². The Hall–Kier alpha value is -2.08. The first-order valence-corrected chi connectivity index (χ1v) is 10.7. The molecular weight excluding hydrogens is 423 g/mol. The average Bonchev–Trinajstić information content (AvgIpc) is 3.27. The van der Waals surface area contributed by atoms with Crippen molar-refractivity contribution in [2.45, 2.75) is 25.9 Å². The van der Waals surface area contributed by atoms with Gasteiger partial charge in [0.25, 0.3) is 0 Å².